The van der Waals surface area contributed by atoms with Crippen molar-refractivity contribution < 1.29 is 10.2 Å². The van der Waals surface area contributed by atoms with Gasteiger partial charge in [0.15, 0.2) is 0 Å². The molecule has 0 aromatic rings. The molecule has 0 spiro atoms. The summed E-state index contributed by atoms with van der Waals surface area (Å²) in [5, 5.41) is 17.8. The second-order valence-electron chi connectivity index (χ2n) is 3.51. The standard InChI is InChI=1S/C12H22O2/c1-2-3-4-5-6-7-9-12(14)10-8-11-13/h12-14H,2-6,8,10-11H2,1H3/t12-/m0/s1. The average molecular weight is 198 g/mol. The summed E-state index contributed by atoms with van der Waals surface area (Å²) in [4.78, 5) is 0. The van der Waals surface area contributed by atoms with Gasteiger partial charge in [-0.2, -0.15) is 0 Å². The number of hydrogen-bond acceptors (Lipinski definition) is 2. The molecule has 0 unspecified atom stereocenters. The van der Waals surface area contributed by atoms with E-state index >= 15 is 0 Å². The molecule has 0 aliphatic rings. The van der Waals surface area contributed by atoms with Crippen LogP contribution in [-0.2, 0) is 0 Å². The van der Waals surface area contributed by atoms with Gasteiger partial charge in [0, 0.05) is 13.0 Å². The van der Waals surface area contributed by atoms with E-state index in [4.69, 9.17) is 5.11 Å². The Morgan fingerprint density at radius 3 is 2.57 bits per heavy atom. The minimum atomic E-state index is -0.548. The largest absolute Gasteiger partial charge is 0.396 e. The number of hydrogen-bond donors (Lipinski definition) is 2. The second kappa shape index (κ2) is 10.6. The molecule has 1 atom stereocenters. The highest BCUT2D eigenvalue weighted by atomic mass is 16.3. The van der Waals surface area contributed by atoms with Crippen LogP contribution in [0.2, 0.25) is 0 Å². The molecule has 14 heavy (non-hydrogen) atoms. The summed E-state index contributed by atoms with van der Waals surface area (Å²) >= 11 is 0. The van der Waals surface area contributed by atoms with Crippen molar-refractivity contribution in [2.45, 2.75) is 58.0 Å². The first-order valence-electron chi connectivity index (χ1n) is 5.58. The van der Waals surface area contributed by atoms with Crippen molar-refractivity contribution in [2.24, 2.45) is 0 Å². The van der Waals surface area contributed by atoms with Crippen molar-refractivity contribution in [3.8, 4) is 11.8 Å². The van der Waals surface area contributed by atoms with E-state index in [1.807, 2.05) is 0 Å². The molecule has 0 radical (unpaired) electrons. The summed E-state index contributed by atoms with van der Waals surface area (Å²) in [5.74, 6) is 5.76. The maximum atomic E-state index is 9.30. The number of unbranched alkanes of at least 4 members (excludes halogenated alkanes) is 4. The van der Waals surface area contributed by atoms with Crippen molar-refractivity contribution in [3.05, 3.63) is 0 Å². The smallest absolute Gasteiger partial charge is 0.114 e. The molecule has 0 fully saturated rings. The van der Waals surface area contributed by atoms with Crippen LogP contribution < -0.4 is 0 Å². The molecule has 0 rings (SSSR count). The highest BCUT2D eigenvalue weighted by Gasteiger charge is 1.96. The lowest BCUT2D eigenvalue weighted by Crippen LogP contribution is -2.03. The predicted octanol–water partition coefficient (Wildman–Crippen LogP) is 2.09. The molecular weight excluding hydrogens is 176 g/mol. The zero-order valence-electron chi connectivity index (χ0n) is 9.13. The van der Waals surface area contributed by atoms with Crippen LogP contribution in [-0.4, -0.2) is 22.9 Å². The van der Waals surface area contributed by atoms with Crippen LogP contribution >= 0.6 is 0 Å². The molecule has 2 nitrogen and oxygen atoms in total. The summed E-state index contributed by atoms with van der Waals surface area (Å²) in [5.41, 5.74) is 0. The lowest BCUT2D eigenvalue weighted by atomic mass is 10.1. The quantitative estimate of drug-likeness (QED) is 0.486. The second-order valence-corrected chi connectivity index (χ2v) is 3.51. The van der Waals surface area contributed by atoms with E-state index in [1.54, 1.807) is 0 Å². The first kappa shape index (κ1) is 13.5. The number of aliphatic hydroxyl groups is 2. The van der Waals surface area contributed by atoms with Crippen molar-refractivity contribution in [3.63, 3.8) is 0 Å². The van der Waals surface area contributed by atoms with E-state index in [0.29, 0.717) is 12.8 Å². The van der Waals surface area contributed by atoms with E-state index in [9.17, 15) is 5.11 Å². The van der Waals surface area contributed by atoms with Gasteiger partial charge in [-0.3, -0.25) is 0 Å². The van der Waals surface area contributed by atoms with Gasteiger partial charge in [-0.1, -0.05) is 32.1 Å². The number of rotatable bonds is 7. The number of aliphatic hydroxyl groups excluding tert-OH is 2. The van der Waals surface area contributed by atoms with Crippen molar-refractivity contribution >= 4 is 0 Å². The van der Waals surface area contributed by atoms with Gasteiger partial charge >= 0.3 is 0 Å². The van der Waals surface area contributed by atoms with Crippen LogP contribution in [0.1, 0.15) is 51.9 Å². The molecule has 0 amide bonds. The molecule has 82 valence electrons. The molecule has 0 aromatic heterocycles. The molecule has 0 aliphatic heterocycles. The Hall–Kier alpha value is -0.520. The van der Waals surface area contributed by atoms with Gasteiger partial charge in [0.2, 0.25) is 0 Å². The zero-order chi connectivity index (χ0) is 10.6. The molecular formula is C12H22O2. The normalized spacial score (nSPS) is 11.9. The molecule has 0 aromatic carbocycles. The average Bonchev–Trinajstić information content (AvgIpc) is 2.20. The molecule has 0 saturated carbocycles. The third kappa shape index (κ3) is 9.57. The molecule has 2 heteroatoms. The Balaban J connectivity index is 3.31. The Bertz CT molecular complexity index is 167. The van der Waals surface area contributed by atoms with E-state index in [-0.39, 0.29) is 6.61 Å². The minimum Gasteiger partial charge on any atom is -0.396 e. The lowest BCUT2D eigenvalue weighted by Gasteiger charge is -1.99. The van der Waals surface area contributed by atoms with Crippen LogP contribution in [0.15, 0.2) is 0 Å². The van der Waals surface area contributed by atoms with Crippen molar-refractivity contribution in [1.82, 2.24) is 0 Å². The fraction of sp³-hybridized carbons (Fsp3) is 0.833. The molecule has 0 heterocycles. The first-order chi connectivity index (χ1) is 6.81. The van der Waals surface area contributed by atoms with E-state index in [1.165, 1.54) is 19.3 Å². The third-order valence-corrected chi connectivity index (χ3v) is 2.06. The highest BCUT2D eigenvalue weighted by Crippen LogP contribution is 2.01. The van der Waals surface area contributed by atoms with Gasteiger partial charge in [-0.15, -0.1) is 5.92 Å². The Morgan fingerprint density at radius 1 is 1.14 bits per heavy atom. The van der Waals surface area contributed by atoms with Gasteiger partial charge in [0.1, 0.15) is 6.10 Å². The predicted molar refractivity (Wildman–Crippen MR) is 58.9 cm³/mol. The van der Waals surface area contributed by atoms with Crippen molar-refractivity contribution in [2.75, 3.05) is 6.61 Å². The SMILES string of the molecule is CCCCCCC#C[C@H](O)CCCO. The van der Waals surface area contributed by atoms with Gasteiger partial charge in [0.25, 0.3) is 0 Å². The Kier molecular flexibility index (Phi) is 10.2. The van der Waals surface area contributed by atoms with Crippen molar-refractivity contribution in [1.29, 1.82) is 0 Å². The Labute approximate surface area is 87.3 Å². The summed E-state index contributed by atoms with van der Waals surface area (Å²) in [6.07, 6.45) is 6.43. The summed E-state index contributed by atoms with van der Waals surface area (Å²) in [6, 6.07) is 0. The fourth-order valence-corrected chi connectivity index (χ4v) is 1.19. The summed E-state index contributed by atoms with van der Waals surface area (Å²) in [6.45, 7) is 2.32. The molecule has 2 N–H and O–H groups in total. The fourth-order valence-electron chi connectivity index (χ4n) is 1.19. The van der Waals surface area contributed by atoms with Gasteiger partial charge in [0.05, 0.1) is 0 Å². The topological polar surface area (TPSA) is 40.5 Å². The zero-order valence-corrected chi connectivity index (χ0v) is 9.13. The van der Waals surface area contributed by atoms with Crippen LogP contribution in [0.4, 0.5) is 0 Å². The molecule has 0 bridgehead atoms. The maximum absolute atomic E-state index is 9.30. The summed E-state index contributed by atoms with van der Waals surface area (Å²) < 4.78 is 0. The molecule has 0 aliphatic carbocycles. The van der Waals surface area contributed by atoms with Crippen LogP contribution in [0, 0.1) is 11.8 Å². The molecule has 0 saturated heterocycles. The first-order valence-corrected chi connectivity index (χ1v) is 5.58. The summed E-state index contributed by atoms with van der Waals surface area (Å²) in [7, 11) is 0. The maximum Gasteiger partial charge on any atom is 0.114 e. The Morgan fingerprint density at radius 2 is 1.93 bits per heavy atom. The third-order valence-electron chi connectivity index (χ3n) is 2.06. The van der Waals surface area contributed by atoms with E-state index in [2.05, 4.69) is 18.8 Å². The van der Waals surface area contributed by atoms with Gasteiger partial charge in [-0.25, -0.2) is 0 Å². The minimum absolute atomic E-state index is 0.134. The van der Waals surface area contributed by atoms with E-state index in [0.717, 1.165) is 12.8 Å². The monoisotopic (exact) mass is 198 g/mol. The van der Waals surface area contributed by atoms with Crippen LogP contribution in [0.25, 0.3) is 0 Å². The van der Waals surface area contributed by atoms with Gasteiger partial charge < -0.3 is 10.2 Å². The van der Waals surface area contributed by atoms with Gasteiger partial charge in [-0.05, 0) is 19.3 Å². The van der Waals surface area contributed by atoms with Crippen LogP contribution in [0.5, 0.6) is 0 Å². The van der Waals surface area contributed by atoms with Crippen LogP contribution in [0.3, 0.4) is 0 Å². The highest BCUT2D eigenvalue weighted by molar-refractivity contribution is 5.04. The van der Waals surface area contributed by atoms with E-state index < -0.39 is 6.10 Å². The lowest BCUT2D eigenvalue weighted by molar-refractivity contribution is 0.197.